The van der Waals surface area contributed by atoms with Crippen LogP contribution in [0.2, 0.25) is 0 Å². The van der Waals surface area contributed by atoms with Crippen molar-refractivity contribution in [3.8, 4) is 0 Å². The number of benzene rings is 1. The summed E-state index contributed by atoms with van der Waals surface area (Å²) in [6.45, 7) is 1.79. The zero-order valence-electron chi connectivity index (χ0n) is 19.7. The van der Waals surface area contributed by atoms with Gasteiger partial charge in [-0.25, -0.2) is 26.3 Å². The Morgan fingerprint density at radius 3 is 2.41 bits per heavy atom. The van der Waals surface area contributed by atoms with Crippen LogP contribution in [0, 0.1) is 5.82 Å². The summed E-state index contributed by atoms with van der Waals surface area (Å²) in [7, 11) is 0. The largest absolute Gasteiger partial charge is 0.378 e. The molecule has 0 bridgehead atoms. The molecule has 0 radical (unpaired) electrons. The summed E-state index contributed by atoms with van der Waals surface area (Å²) in [5.41, 5.74) is 0.659. The Labute approximate surface area is 215 Å². The van der Waals surface area contributed by atoms with Gasteiger partial charge < -0.3 is 16.4 Å². The van der Waals surface area contributed by atoms with Crippen LogP contribution in [0.15, 0.2) is 29.1 Å². The molecule has 2 fully saturated rings. The number of nitrogens with zero attached hydrogens (tertiary/aromatic N) is 1. The van der Waals surface area contributed by atoms with E-state index in [1.165, 1.54) is 19.1 Å². The second kappa shape index (κ2) is 10.9. The molecule has 0 spiro atoms. The van der Waals surface area contributed by atoms with Crippen molar-refractivity contribution in [1.29, 1.82) is 0 Å². The summed E-state index contributed by atoms with van der Waals surface area (Å²) in [4.78, 5) is 26.0. The Morgan fingerprint density at radius 1 is 1.22 bits per heavy atom. The minimum Gasteiger partial charge on any atom is -0.378 e. The molecule has 4 N–H and O–H groups in total. The number of hydrogen-bond donors (Lipinski definition) is 3. The molecule has 1 saturated heterocycles. The lowest BCUT2D eigenvalue weighted by atomic mass is 9.89. The normalized spacial score (nSPS) is 21.4. The summed E-state index contributed by atoms with van der Waals surface area (Å²) in [5, 5.41) is 5.67. The molecular formula is C24H27ClF6N4O2. The molecule has 0 unspecified atom stereocenters. The maximum Gasteiger partial charge on any atom is 0.266 e. The van der Waals surface area contributed by atoms with Crippen LogP contribution in [0.1, 0.15) is 65.7 Å². The summed E-state index contributed by atoms with van der Waals surface area (Å²) in [6.07, 6.45) is -7.43. The predicted molar refractivity (Wildman–Crippen MR) is 128 cm³/mol. The van der Waals surface area contributed by atoms with Crippen LogP contribution in [0.4, 0.5) is 32.0 Å². The average Bonchev–Trinajstić information content (AvgIpc) is 3.61. The van der Waals surface area contributed by atoms with Crippen LogP contribution >= 0.6 is 12.4 Å². The number of nitrogens with two attached hydrogens (primary N) is 1. The third-order valence-electron chi connectivity index (χ3n) is 7.03. The highest BCUT2D eigenvalue weighted by molar-refractivity contribution is 6.00. The monoisotopic (exact) mass is 552 g/mol. The van der Waals surface area contributed by atoms with Gasteiger partial charge in [-0.15, -0.1) is 12.4 Å². The minimum atomic E-state index is -3.15. The molecular weight excluding hydrogens is 526 g/mol. The quantitative estimate of drug-likeness (QED) is 0.422. The Morgan fingerprint density at radius 2 is 1.86 bits per heavy atom. The summed E-state index contributed by atoms with van der Waals surface area (Å²) >= 11 is 0. The van der Waals surface area contributed by atoms with E-state index >= 15 is 4.39 Å². The molecule has 1 amide bonds. The molecule has 2 aromatic rings. The van der Waals surface area contributed by atoms with E-state index < -0.39 is 59.4 Å². The van der Waals surface area contributed by atoms with Crippen LogP contribution in [0.5, 0.6) is 0 Å². The number of piperidine rings is 1. The number of aromatic nitrogens is 1. The Hall–Kier alpha value is -2.73. The molecule has 1 saturated carbocycles. The molecule has 204 valence electrons. The number of pyridine rings is 1. The predicted octanol–water partition coefficient (Wildman–Crippen LogP) is 4.46. The molecule has 2 heterocycles. The van der Waals surface area contributed by atoms with E-state index in [0.29, 0.717) is 13.0 Å². The topological polar surface area (TPSA) is 89.2 Å². The second-order valence-corrected chi connectivity index (χ2v) is 9.29. The maximum atomic E-state index is 15.1. The highest BCUT2D eigenvalue weighted by Crippen LogP contribution is 2.50. The van der Waals surface area contributed by atoms with Gasteiger partial charge in [0, 0.05) is 24.2 Å². The first-order valence-electron chi connectivity index (χ1n) is 11.6. The van der Waals surface area contributed by atoms with Gasteiger partial charge in [0.1, 0.15) is 17.5 Å². The number of halogens is 7. The lowest BCUT2D eigenvalue weighted by molar-refractivity contribution is 0.0630. The number of carbonyl (C=O) groups excluding carboxylic acids is 1. The van der Waals surface area contributed by atoms with Gasteiger partial charge in [0.25, 0.3) is 24.3 Å². The van der Waals surface area contributed by atoms with E-state index in [0.717, 1.165) is 16.7 Å². The summed E-state index contributed by atoms with van der Waals surface area (Å²) in [6, 6.07) is 3.34. The van der Waals surface area contributed by atoms with Crippen molar-refractivity contribution in [1.82, 2.24) is 9.88 Å². The van der Waals surface area contributed by atoms with Gasteiger partial charge in [-0.05, 0) is 31.4 Å². The van der Waals surface area contributed by atoms with Crippen LogP contribution in [-0.4, -0.2) is 42.2 Å². The molecule has 3 atom stereocenters. The van der Waals surface area contributed by atoms with Gasteiger partial charge in [0.15, 0.2) is 0 Å². The fourth-order valence-electron chi connectivity index (χ4n) is 4.94. The van der Waals surface area contributed by atoms with E-state index in [-0.39, 0.29) is 54.3 Å². The number of anilines is 1. The highest BCUT2D eigenvalue weighted by atomic mass is 35.5. The molecule has 2 aliphatic rings. The zero-order valence-corrected chi connectivity index (χ0v) is 20.6. The van der Waals surface area contributed by atoms with Crippen molar-refractivity contribution in [2.75, 3.05) is 18.4 Å². The summed E-state index contributed by atoms with van der Waals surface area (Å²) < 4.78 is 85.5. The first-order valence-corrected chi connectivity index (χ1v) is 11.6. The third kappa shape index (κ3) is 5.18. The van der Waals surface area contributed by atoms with Crippen LogP contribution in [0.25, 0.3) is 0 Å². The number of hydrogen-bond acceptors (Lipinski definition) is 4. The van der Waals surface area contributed by atoms with Crippen molar-refractivity contribution in [2.24, 2.45) is 5.73 Å². The fraction of sp³-hybridized carbons (Fsp3) is 0.500. The number of rotatable bonds is 8. The van der Waals surface area contributed by atoms with Gasteiger partial charge >= 0.3 is 0 Å². The van der Waals surface area contributed by atoms with Gasteiger partial charge in [-0.3, -0.25) is 14.2 Å². The van der Waals surface area contributed by atoms with Crippen LogP contribution in [0.3, 0.4) is 0 Å². The highest BCUT2D eigenvalue weighted by Gasteiger charge is 2.55. The lowest BCUT2D eigenvalue weighted by Crippen LogP contribution is -2.46. The lowest BCUT2D eigenvalue weighted by Gasteiger charge is -2.32. The Balaban J connectivity index is 0.00000380. The molecule has 1 aliphatic carbocycles. The maximum absolute atomic E-state index is 15.1. The number of primary amides is 1. The summed E-state index contributed by atoms with van der Waals surface area (Å²) in [5.74, 6) is -3.70. The Bertz CT molecular complexity index is 1220. The van der Waals surface area contributed by atoms with Crippen LogP contribution in [-0.2, 0) is 5.54 Å². The van der Waals surface area contributed by atoms with Crippen LogP contribution < -0.4 is 21.9 Å². The molecule has 4 rings (SSSR count). The number of alkyl halides is 5. The fourth-order valence-corrected chi connectivity index (χ4v) is 4.94. The first kappa shape index (κ1) is 28.8. The zero-order chi connectivity index (χ0) is 26.4. The molecule has 1 aromatic carbocycles. The molecule has 1 aliphatic heterocycles. The van der Waals surface area contributed by atoms with E-state index in [1.54, 1.807) is 0 Å². The number of carbonyl (C=O) groups is 1. The van der Waals surface area contributed by atoms with Gasteiger partial charge in [0.2, 0.25) is 0 Å². The molecule has 13 heteroatoms. The first-order chi connectivity index (χ1) is 17.0. The molecule has 1 aromatic heterocycles. The van der Waals surface area contributed by atoms with Crippen molar-refractivity contribution >= 4 is 24.0 Å². The van der Waals surface area contributed by atoms with Crippen molar-refractivity contribution in [3.05, 3.63) is 62.8 Å². The third-order valence-corrected chi connectivity index (χ3v) is 7.03. The number of amides is 1. The minimum absolute atomic E-state index is 0. The van der Waals surface area contributed by atoms with Crippen molar-refractivity contribution < 1.29 is 31.1 Å². The van der Waals surface area contributed by atoms with Gasteiger partial charge in [-0.1, -0.05) is 25.1 Å². The van der Waals surface area contributed by atoms with Gasteiger partial charge in [0.05, 0.1) is 22.9 Å². The van der Waals surface area contributed by atoms with E-state index in [9.17, 15) is 31.5 Å². The molecule has 37 heavy (non-hydrogen) atoms. The molecule has 6 nitrogen and oxygen atoms in total. The number of nitrogens with one attached hydrogen (secondary N) is 2. The van der Waals surface area contributed by atoms with E-state index in [1.807, 2.05) is 0 Å². The van der Waals surface area contributed by atoms with E-state index in [4.69, 9.17) is 5.73 Å². The van der Waals surface area contributed by atoms with Gasteiger partial charge in [-0.2, -0.15) is 0 Å². The average molecular weight is 553 g/mol. The smallest absolute Gasteiger partial charge is 0.266 e. The second-order valence-electron chi connectivity index (χ2n) is 9.29. The van der Waals surface area contributed by atoms with Crippen molar-refractivity contribution in [3.63, 3.8) is 0 Å². The van der Waals surface area contributed by atoms with Crippen molar-refractivity contribution in [2.45, 2.75) is 62.7 Å². The standard InChI is InChI=1S/C24H26F6N4O2.ClH/c1-11(12-3-2-4-13(19(12)26)21(27)28)20-18(22(31)36)16(33-15-5-8-32-10-14(15)25)9-17(35)34(20)24(6-7-24)23(29)30;/h2-4,9,11,14-15,21,23,32-33H,5-8,10H2,1H3,(H2,31,36);1H/t11-,14+,15-;/m1./s1. The van der Waals surface area contributed by atoms with E-state index in [2.05, 4.69) is 10.6 Å². The SMILES string of the molecule is C[C@H](c1cccc(C(F)F)c1F)c1c(C(N)=O)c(N[C@@H]2CCNC[C@@H]2F)cc(=O)n1C1(C(F)F)CC1.Cl. The Kier molecular flexibility index (Phi) is 8.53.